The lowest BCUT2D eigenvalue weighted by atomic mass is 10.1. The fourth-order valence-electron chi connectivity index (χ4n) is 3.09. The van der Waals surface area contributed by atoms with E-state index in [2.05, 4.69) is 42.0 Å². The summed E-state index contributed by atoms with van der Waals surface area (Å²) in [7, 11) is 0. The third-order valence-electron chi connectivity index (χ3n) is 4.18. The van der Waals surface area contributed by atoms with E-state index in [1.165, 1.54) is 36.6 Å². The Kier molecular flexibility index (Phi) is 4.81. The molecule has 1 atom stereocenters. The van der Waals surface area contributed by atoms with E-state index in [-0.39, 0.29) is 0 Å². The highest BCUT2D eigenvalue weighted by atomic mass is 16.5. The van der Waals surface area contributed by atoms with E-state index >= 15 is 0 Å². The van der Waals surface area contributed by atoms with Gasteiger partial charge in [0.05, 0.1) is 18.2 Å². The molecular weight excluding hydrogens is 262 g/mol. The molecule has 1 fully saturated rings. The predicted molar refractivity (Wildman–Crippen MR) is 85.9 cm³/mol. The van der Waals surface area contributed by atoms with Gasteiger partial charge in [-0.25, -0.2) is 0 Å². The molecule has 0 aliphatic carbocycles. The average molecular weight is 287 g/mol. The van der Waals surface area contributed by atoms with Crippen molar-refractivity contribution in [2.75, 3.05) is 13.2 Å². The van der Waals surface area contributed by atoms with Crippen molar-refractivity contribution >= 4 is 10.9 Å². The van der Waals surface area contributed by atoms with Crippen LogP contribution in [0.25, 0.3) is 10.9 Å². The Hall–Kier alpha value is -1.48. The standard InChI is InChI=1S/C18H25NO2/c1-2-13-21-18-9-3-8-17-16(18)10-12-19(17)11-4-6-15-7-5-14-20-15/h3,8-10,12,15H,2,4-7,11,13-14H2,1H3. The van der Waals surface area contributed by atoms with E-state index in [0.29, 0.717) is 6.10 Å². The Morgan fingerprint density at radius 3 is 3.10 bits per heavy atom. The van der Waals surface area contributed by atoms with Crippen LogP contribution in [-0.2, 0) is 11.3 Å². The second-order valence-electron chi connectivity index (χ2n) is 5.82. The first-order chi connectivity index (χ1) is 10.4. The van der Waals surface area contributed by atoms with Gasteiger partial charge in [0.1, 0.15) is 5.75 Å². The minimum atomic E-state index is 0.496. The second-order valence-corrected chi connectivity index (χ2v) is 5.82. The second kappa shape index (κ2) is 6.99. The van der Waals surface area contributed by atoms with Crippen LogP contribution in [0.5, 0.6) is 5.75 Å². The van der Waals surface area contributed by atoms with Crippen LogP contribution in [0.15, 0.2) is 30.5 Å². The van der Waals surface area contributed by atoms with E-state index in [1.54, 1.807) is 0 Å². The van der Waals surface area contributed by atoms with Crippen LogP contribution < -0.4 is 4.74 Å². The quantitative estimate of drug-likeness (QED) is 0.754. The molecule has 2 aromatic rings. The van der Waals surface area contributed by atoms with Gasteiger partial charge >= 0.3 is 0 Å². The first-order valence-corrected chi connectivity index (χ1v) is 8.20. The van der Waals surface area contributed by atoms with Crippen molar-refractivity contribution in [2.45, 2.75) is 51.7 Å². The molecule has 1 aromatic heterocycles. The molecule has 0 radical (unpaired) electrons. The number of fused-ring (bicyclic) bond motifs is 1. The van der Waals surface area contributed by atoms with Gasteiger partial charge in [-0.1, -0.05) is 13.0 Å². The van der Waals surface area contributed by atoms with Crippen molar-refractivity contribution in [3.8, 4) is 5.75 Å². The maximum atomic E-state index is 5.83. The first-order valence-electron chi connectivity index (χ1n) is 8.20. The molecule has 1 saturated heterocycles. The molecule has 0 spiro atoms. The van der Waals surface area contributed by atoms with Crippen LogP contribution >= 0.6 is 0 Å². The molecule has 1 unspecified atom stereocenters. The lowest BCUT2D eigenvalue weighted by Crippen LogP contribution is -2.06. The number of aromatic nitrogens is 1. The number of benzene rings is 1. The molecule has 1 aromatic carbocycles. The SMILES string of the molecule is CCCOc1cccc2c1ccn2CCCC1CCCO1. The van der Waals surface area contributed by atoms with Crippen molar-refractivity contribution in [1.82, 2.24) is 4.57 Å². The lowest BCUT2D eigenvalue weighted by molar-refractivity contribution is 0.101. The van der Waals surface area contributed by atoms with Crippen molar-refractivity contribution in [3.05, 3.63) is 30.5 Å². The van der Waals surface area contributed by atoms with Crippen LogP contribution in [0.3, 0.4) is 0 Å². The molecule has 3 rings (SSSR count). The van der Waals surface area contributed by atoms with Crippen molar-refractivity contribution in [1.29, 1.82) is 0 Å². The molecule has 1 aliphatic rings. The van der Waals surface area contributed by atoms with Gasteiger partial charge in [-0.05, 0) is 50.3 Å². The Bertz CT molecular complexity index is 570. The number of rotatable bonds is 7. The van der Waals surface area contributed by atoms with Gasteiger partial charge in [-0.15, -0.1) is 0 Å². The molecular formula is C18H25NO2. The summed E-state index contributed by atoms with van der Waals surface area (Å²) in [4.78, 5) is 0. The molecule has 1 aliphatic heterocycles. The number of hydrogen-bond acceptors (Lipinski definition) is 2. The predicted octanol–water partition coefficient (Wildman–Crippen LogP) is 4.39. The molecule has 114 valence electrons. The van der Waals surface area contributed by atoms with Crippen LogP contribution in [-0.4, -0.2) is 23.9 Å². The first kappa shape index (κ1) is 14.5. The Morgan fingerprint density at radius 2 is 2.29 bits per heavy atom. The zero-order valence-corrected chi connectivity index (χ0v) is 12.9. The van der Waals surface area contributed by atoms with Gasteiger partial charge in [0, 0.05) is 24.7 Å². The molecule has 2 heterocycles. The van der Waals surface area contributed by atoms with Gasteiger partial charge in [-0.2, -0.15) is 0 Å². The molecule has 0 saturated carbocycles. The van der Waals surface area contributed by atoms with Crippen LogP contribution in [0.2, 0.25) is 0 Å². The molecule has 0 N–H and O–H groups in total. The van der Waals surface area contributed by atoms with Gasteiger partial charge in [-0.3, -0.25) is 0 Å². The zero-order chi connectivity index (χ0) is 14.5. The largest absolute Gasteiger partial charge is 0.493 e. The summed E-state index contributed by atoms with van der Waals surface area (Å²) < 4.78 is 13.9. The Labute approximate surface area is 126 Å². The van der Waals surface area contributed by atoms with Gasteiger partial charge in [0.25, 0.3) is 0 Å². The summed E-state index contributed by atoms with van der Waals surface area (Å²) in [5.74, 6) is 1.01. The van der Waals surface area contributed by atoms with E-state index in [0.717, 1.165) is 31.9 Å². The van der Waals surface area contributed by atoms with E-state index < -0.39 is 0 Å². The van der Waals surface area contributed by atoms with Gasteiger partial charge < -0.3 is 14.0 Å². The summed E-state index contributed by atoms with van der Waals surface area (Å²) in [6, 6.07) is 8.51. The topological polar surface area (TPSA) is 23.4 Å². The van der Waals surface area contributed by atoms with E-state index in [9.17, 15) is 0 Å². The molecule has 21 heavy (non-hydrogen) atoms. The summed E-state index contributed by atoms with van der Waals surface area (Å²) in [5, 5.41) is 1.23. The van der Waals surface area contributed by atoms with Crippen molar-refractivity contribution in [2.24, 2.45) is 0 Å². The monoisotopic (exact) mass is 287 g/mol. The third-order valence-corrected chi connectivity index (χ3v) is 4.18. The highest BCUT2D eigenvalue weighted by molar-refractivity contribution is 5.86. The fourth-order valence-corrected chi connectivity index (χ4v) is 3.09. The van der Waals surface area contributed by atoms with Crippen LogP contribution in [0.4, 0.5) is 0 Å². The van der Waals surface area contributed by atoms with Crippen molar-refractivity contribution < 1.29 is 9.47 Å². The maximum absolute atomic E-state index is 5.83. The molecule has 0 amide bonds. The highest BCUT2D eigenvalue weighted by Gasteiger charge is 2.15. The minimum absolute atomic E-state index is 0.496. The smallest absolute Gasteiger partial charge is 0.128 e. The summed E-state index contributed by atoms with van der Waals surface area (Å²) in [5.41, 5.74) is 1.27. The molecule has 0 bridgehead atoms. The maximum Gasteiger partial charge on any atom is 0.128 e. The van der Waals surface area contributed by atoms with Crippen LogP contribution in [0.1, 0.15) is 39.0 Å². The minimum Gasteiger partial charge on any atom is -0.493 e. The van der Waals surface area contributed by atoms with Crippen LogP contribution in [0, 0.1) is 0 Å². The van der Waals surface area contributed by atoms with E-state index in [4.69, 9.17) is 9.47 Å². The lowest BCUT2D eigenvalue weighted by Gasteiger charge is -2.11. The van der Waals surface area contributed by atoms with E-state index in [1.807, 2.05) is 0 Å². The normalized spacial score (nSPS) is 18.4. The Balaban J connectivity index is 1.65. The Morgan fingerprint density at radius 1 is 1.33 bits per heavy atom. The fraction of sp³-hybridized carbons (Fsp3) is 0.556. The van der Waals surface area contributed by atoms with Gasteiger partial charge in [0.15, 0.2) is 0 Å². The molecule has 3 nitrogen and oxygen atoms in total. The van der Waals surface area contributed by atoms with Crippen molar-refractivity contribution in [3.63, 3.8) is 0 Å². The summed E-state index contributed by atoms with van der Waals surface area (Å²) in [6.07, 6.45) is 8.53. The molecule has 3 heteroatoms. The average Bonchev–Trinajstić information content (AvgIpc) is 3.15. The number of nitrogens with zero attached hydrogens (tertiary/aromatic N) is 1. The summed E-state index contributed by atoms with van der Waals surface area (Å²) in [6.45, 7) is 4.93. The van der Waals surface area contributed by atoms with Gasteiger partial charge in [0.2, 0.25) is 0 Å². The number of aryl methyl sites for hydroxylation is 1. The zero-order valence-electron chi connectivity index (χ0n) is 12.9. The highest BCUT2D eigenvalue weighted by Crippen LogP contribution is 2.27. The number of ether oxygens (including phenoxy) is 2. The third kappa shape index (κ3) is 3.41. The number of hydrogen-bond donors (Lipinski definition) is 0. The summed E-state index contributed by atoms with van der Waals surface area (Å²) >= 11 is 0.